The van der Waals surface area contributed by atoms with Crippen molar-refractivity contribution in [3.63, 3.8) is 0 Å². The number of carbonyl (C=O) groups is 1. The minimum atomic E-state index is -0.0736. The number of nitrogens with one attached hydrogen (secondary N) is 2. The normalized spacial score (nSPS) is 9.95. The summed E-state index contributed by atoms with van der Waals surface area (Å²) < 4.78 is 0.933. The van der Waals surface area contributed by atoms with Crippen molar-refractivity contribution in [2.24, 2.45) is 0 Å². The molecule has 108 valence electrons. The summed E-state index contributed by atoms with van der Waals surface area (Å²) in [6, 6.07) is 11.3. The van der Waals surface area contributed by atoms with E-state index in [1.54, 1.807) is 12.3 Å². The molecule has 0 spiro atoms. The van der Waals surface area contributed by atoms with Gasteiger partial charge in [-0.3, -0.25) is 4.79 Å². The molecule has 5 heteroatoms. The molecule has 1 aromatic heterocycles. The van der Waals surface area contributed by atoms with Gasteiger partial charge in [0.15, 0.2) is 0 Å². The van der Waals surface area contributed by atoms with Crippen LogP contribution in [-0.2, 0) is 11.2 Å². The molecule has 0 aliphatic rings. The van der Waals surface area contributed by atoms with Crippen molar-refractivity contribution < 1.29 is 4.79 Å². The first kappa shape index (κ1) is 15.3. The fourth-order valence-electron chi connectivity index (χ4n) is 1.77. The third-order valence-electron chi connectivity index (χ3n) is 2.78. The minimum Gasteiger partial charge on any atom is -0.367 e. The van der Waals surface area contributed by atoms with Crippen LogP contribution in [0.2, 0.25) is 0 Å². The highest BCUT2D eigenvalue weighted by Gasteiger charge is 2.07. The molecule has 0 saturated carbocycles. The van der Waals surface area contributed by atoms with Gasteiger partial charge in [-0.25, -0.2) is 4.98 Å². The zero-order chi connectivity index (χ0) is 15.1. The molecule has 0 fully saturated rings. The number of halogens is 1. The van der Waals surface area contributed by atoms with Crippen LogP contribution in [0, 0.1) is 0 Å². The summed E-state index contributed by atoms with van der Waals surface area (Å²) in [6.07, 6.45) is 3.70. The average Bonchev–Trinajstić information content (AvgIpc) is 2.49. The van der Waals surface area contributed by atoms with Crippen LogP contribution in [0.3, 0.4) is 0 Å². The second-order valence-electron chi connectivity index (χ2n) is 4.42. The van der Waals surface area contributed by atoms with Crippen LogP contribution in [0.25, 0.3) is 0 Å². The summed E-state index contributed by atoms with van der Waals surface area (Å²) in [7, 11) is 0. The van der Waals surface area contributed by atoms with Crippen LogP contribution in [0.15, 0.2) is 59.7 Å². The van der Waals surface area contributed by atoms with Gasteiger partial charge in [0.2, 0.25) is 5.91 Å². The number of rotatable bonds is 6. The Labute approximate surface area is 132 Å². The summed E-state index contributed by atoms with van der Waals surface area (Å²) >= 11 is 3.44. The molecular weight excluding hydrogens is 330 g/mol. The van der Waals surface area contributed by atoms with Gasteiger partial charge < -0.3 is 10.6 Å². The largest absolute Gasteiger partial charge is 0.367 e. The van der Waals surface area contributed by atoms with E-state index in [1.807, 2.05) is 36.4 Å². The number of benzene rings is 1. The lowest BCUT2D eigenvalue weighted by Gasteiger charge is -2.07. The zero-order valence-electron chi connectivity index (χ0n) is 11.5. The Kier molecular flexibility index (Phi) is 5.51. The van der Waals surface area contributed by atoms with E-state index < -0.39 is 0 Å². The van der Waals surface area contributed by atoms with E-state index in [1.165, 1.54) is 0 Å². The average molecular weight is 346 g/mol. The van der Waals surface area contributed by atoms with Crippen LogP contribution < -0.4 is 10.6 Å². The van der Waals surface area contributed by atoms with Gasteiger partial charge in [0.1, 0.15) is 5.82 Å². The molecule has 0 radical (unpaired) electrons. The lowest BCUT2D eigenvalue weighted by atomic mass is 10.1. The van der Waals surface area contributed by atoms with Crippen LogP contribution in [0.4, 0.5) is 11.5 Å². The van der Waals surface area contributed by atoms with Gasteiger partial charge in [-0.2, -0.15) is 0 Å². The molecule has 2 rings (SSSR count). The van der Waals surface area contributed by atoms with Crippen LogP contribution in [0.5, 0.6) is 0 Å². The van der Waals surface area contributed by atoms with E-state index in [4.69, 9.17) is 0 Å². The van der Waals surface area contributed by atoms with E-state index in [2.05, 4.69) is 38.1 Å². The fourth-order valence-corrected chi connectivity index (χ4v) is 2.19. The summed E-state index contributed by atoms with van der Waals surface area (Å²) in [6.45, 7) is 4.28. The summed E-state index contributed by atoms with van der Waals surface area (Å²) in [4.78, 5) is 16.2. The molecule has 0 aliphatic heterocycles. The number of pyridine rings is 1. The van der Waals surface area contributed by atoms with Gasteiger partial charge >= 0.3 is 0 Å². The predicted octanol–water partition coefficient (Wildman–Crippen LogP) is 3.62. The lowest BCUT2D eigenvalue weighted by molar-refractivity contribution is -0.115. The Bertz CT molecular complexity index is 626. The number of anilines is 2. The van der Waals surface area contributed by atoms with E-state index >= 15 is 0 Å². The highest BCUT2D eigenvalue weighted by Crippen LogP contribution is 2.17. The molecule has 0 atom stereocenters. The number of amides is 1. The van der Waals surface area contributed by atoms with E-state index in [0.29, 0.717) is 18.7 Å². The lowest BCUT2D eigenvalue weighted by Crippen LogP contribution is -2.15. The number of hydrogen-bond donors (Lipinski definition) is 2. The van der Waals surface area contributed by atoms with Gasteiger partial charge in [-0.15, -0.1) is 6.58 Å². The number of hydrogen-bond acceptors (Lipinski definition) is 3. The van der Waals surface area contributed by atoms with Crippen LogP contribution in [0.1, 0.15) is 5.56 Å². The summed E-state index contributed by atoms with van der Waals surface area (Å²) in [5.74, 6) is 0.675. The topological polar surface area (TPSA) is 54.0 Å². The molecule has 4 nitrogen and oxygen atoms in total. The van der Waals surface area contributed by atoms with E-state index in [9.17, 15) is 4.79 Å². The van der Waals surface area contributed by atoms with Crippen molar-refractivity contribution in [1.82, 2.24) is 4.98 Å². The predicted molar refractivity (Wildman–Crippen MR) is 89.4 cm³/mol. The standard InChI is InChI=1S/C16H16BrN3O/c1-2-9-18-15-8-7-13(11-19-15)20-16(21)10-12-5-3-4-6-14(12)17/h2-8,11H,1,9-10H2,(H,18,19)(H,20,21). The zero-order valence-corrected chi connectivity index (χ0v) is 13.1. The Morgan fingerprint density at radius 2 is 2.10 bits per heavy atom. The first-order valence-corrected chi connectivity index (χ1v) is 7.32. The van der Waals surface area contributed by atoms with Gasteiger partial charge in [0, 0.05) is 11.0 Å². The molecule has 0 aliphatic carbocycles. The molecule has 0 unspecified atom stereocenters. The Morgan fingerprint density at radius 1 is 1.29 bits per heavy atom. The van der Waals surface area contributed by atoms with Crippen molar-refractivity contribution in [1.29, 1.82) is 0 Å². The number of carbonyl (C=O) groups excluding carboxylic acids is 1. The minimum absolute atomic E-state index is 0.0736. The monoisotopic (exact) mass is 345 g/mol. The van der Waals surface area contributed by atoms with Crippen LogP contribution >= 0.6 is 15.9 Å². The highest BCUT2D eigenvalue weighted by atomic mass is 79.9. The molecule has 0 bridgehead atoms. The summed E-state index contributed by atoms with van der Waals surface area (Å²) in [5.41, 5.74) is 1.63. The van der Waals surface area contributed by atoms with Crippen molar-refractivity contribution in [2.45, 2.75) is 6.42 Å². The van der Waals surface area contributed by atoms with Crippen LogP contribution in [-0.4, -0.2) is 17.4 Å². The smallest absolute Gasteiger partial charge is 0.228 e. The third kappa shape index (κ3) is 4.72. The molecule has 2 N–H and O–H groups in total. The van der Waals surface area contributed by atoms with Crippen molar-refractivity contribution in [3.8, 4) is 0 Å². The van der Waals surface area contributed by atoms with Crippen molar-refractivity contribution >= 4 is 33.3 Å². The molecule has 1 aromatic carbocycles. The van der Waals surface area contributed by atoms with Crippen molar-refractivity contribution in [2.75, 3.05) is 17.2 Å². The quantitative estimate of drug-likeness (QED) is 0.786. The Balaban J connectivity index is 1.93. The number of aromatic nitrogens is 1. The molecule has 2 aromatic rings. The maximum atomic E-state index is 12.0. The summed E-state index contributed by atoms with van der Waals surface area (Å²) in [5, 5.41) is 5.90. The maximum absolute atomic E-state index is 12.0. The second-order valence-corrected chi connectivity index (χ2v) is 5.27. The molecule has 0 saturated heterocycles. The molecular formula is C16H16BrN3O. The highest BCUT2D eigenvalue weighted by molar-refractivity contribution is 9.10. The fraction of sp³-hybridized carbons (Fsp3) is 0.125. The van der Waals surface area contributed by atoms with E-state index in [-0.39, 0.29) is 5.91 Å². The van der Waals surface area contributed by atoms with Gasteiger partial charge in [-0.05, 0) is 23.8 Å². The Hall–Kier alpha value is -2.14. The molecule has 1 heterocycles. The SMILES string of the molecule is C=CCNc1ccc(NC(=O)Cc2ccccc2Br)cn1. The molecule has 1 amide bonds. The number of nitrogens with zero attached hydrogens (tertiary/aromatic N) is 1. The van der Waals surface area contributed by atoms with Gasteiger partial charge in [-0.1, -0.05) is 40.2 Å². The first-order chi connectivity index (χ1) is 10.2. The van der Waals surface area contributed by atoms with Gasteiger partial charge in [0.05, 0.1) is 18.3 Å². The Morgan fingerprint density at radius 3 is 2.76 bits per heavy atom. The van der Waals surface area contributed by atoms with Gasteiger partial charge in [0.25, 0.3) is 0 Å². The first-order valence-electron chi connectivity index (χ1n) is 6.53. The maximum Gasteiger partial charge on any atom is 0.228 e. The third-order valence-corrected chi connectivity index (χ3v) is 3.56. The van der Waals surface area contributed by atoms with E-state index in [0.717, 1.165) is 15.9 Å². The van der Waals surface area contributed by atoms with Crippen molar-refractivity contribution in [3.05, 3.63) is 65.3 Å². The second kappa shape index (κ2) is 7.59. The molecule has 21 heavy (non-hydrogen) atoms.